The molecule has 1 aliphatic heterocycles. The number of benzene rings is 1. The summed E-state index contributed by atoms with van der Waals surface area (Å²) in [7, 11) is 0. The summed E-state index contributed by atoms with van der Waals surface area (Å²) in [5.74, 6) is 0. The van der Waals surface area contributed by atoms with Gasteiger partial charge in [-0.1, -0.05) is 37.3 Å². The minimum absolute atomic E-state index is 0.655. The van der Waals surface area contributed by atoms with E-state index in [1.54, 1.807) is 0 Å². The first-order valence-electron chi connectivity index (χ1n) is 7.35. The van der Waals surface area contributed by atoms with Crippen molar-refractivity contribution in [2.45, 2.75) is 38.3 Å². The van der Waals surface area contributed by atoms with Crippen LogP contribution in [0.25, 0.3) is 0 Å². The number of likely N-dealkylation sites (tertiary alicyclic amines) is 1. The second-order valence-electron chi connectivity index (χ2n) is 5.75. The average molecular weight is 262 g/mol. The third kappa shape index (κ3) is 4.03. The normalized spacial score (nSPS) is 21.2. The molecule has 3 heteroatoms. The molecule has 3 nitrogen and oxygen atoms in total. The van der Waals surface area contributed by atoms with Crippen LogP contribution in [-0.2, 0) is 5.60 Å². The molecule has 1 aliphatic rings. The summed E-state index contributed by atoms with van der Waals surface area (Å²) in [6, 6.07) is 10.6. The third-order valence-corrected chi connectivity index (χ3v) is 4.01. The first-order chi connectivity index (χ1) is 9.12. The topological polar surface area (TPSA) is 35.5 Å². The van der Waals surface area contributed by atoms with Gasteiger partial charge in [0, 0.05) is 12.6 Å². The number of hydrogen-bond acceptors (Lipinski definition) is 3. The molecule has 19 heavy (non-hydrogen) atoms. The Kier molecular flexibility index (Phi) is 4.97. The second-order valence-corrected chi connectivity index (χ2v) is 5.75. The number of rotatable bonds is 5. The lowest BCUT2D eigenvalue weighted by atomic mass is 9.94. The lowest BCUT2D eigenvalue weighted by Gasteiger charge is -2.37. The summed E-state index contributed by atoms with van der Waals surface area (Å²) in [5.41, 5.74) is 0.246. The molecule has 0 aliphatic carbocycles. The standard InChI is InChI=1S/C16H26N2O/c1-3-17-15-9-11-18(12-10-15)13-16(2,19)14-7-5-4-6-8-14/h4-8,15,17,19H,3,9-13H2,1-2H3. The molecule has 106 valence electrons. The lowest BCUT2D eigenvalue weighted by Crippen LogP contribution is -2.47. The molecule has 0 amide bonds. The van der Waals surface area contributed by atoms with Crippen molar-refractivity contribution in [3.8, 4) is 0 Å². The maximum atomic E-state index is 10.7. The van der Waals surface area contributed by atoms with Gasteiger partial charge in [0.25, 0.3) is 0 Å². The van der Waals surface area contributed by atoms with E-state index >= 15 is 0 Å². The van der Waals surface area contributed by atoms with Crippen molar-refractivity contribution in [2.24, 2.45) is 0 Å². The van der Waals surface area contributed by atoms with Crippen molar-refractivity contribution in [3.05, 3.63) is 35.9 Å². The van der Waals surface area contributed by atoms with Crippen LogP contribution in [-0.4, -0.2) is 42.2 Å². The van der Waals surface area contributed by atoms with Crippen LogP contribution in [0.1, 0.15) is 32.3 Å². The molecular weight excluding hydrogens is 236 g/mol. The van der Waals surface area contributed by atoms with Crippen molar-refractivity contribution in [3.63, 3.8) is 0 Å². The summed E-state index contributed by atoms with van der Waals surface area (Å²) in [5, 5.41) is 14.2. The van der Waals surface area contributed by atoms with Crippen molar-refractivity contribution in [1.82, 2.24) is 10.2 Å². The van der Waals surface area contributed by atoms with Crippen LogP contribution in [0.4, 0.5) is 0 Å². The second kappa shape index (κ2) is 6.51. The fraction of sp³-hybridized carbons (Fsp3) is 0.625. The van der Waals surface area contributed by atoms with Crippen LogP contribution >= 0.6 is 0 Å². The smallest absolute Gasteiger partial charge is 0.0994 e. The van der Waals surface area contributed by atoms with E-state index in [0.717, 1.165) is 31.7 Å². The van der Waals surface area contributed by atoms with E-state index < -0.39 is 5.60 Å². The monoisotopic (exact) mass is 262 g/mol. The van der Waals surface area contributed by atoms with Crippen molar-refractivity contribution < 1.29 is 5.11 Å². The zero-order valence-electron chi connectivity index (χ0n) is 12.1. The fourth-order valence-corrected chi connectivity index (χ4v) is 2.91. The van der Waals surface area contributed by atoms with Crippen LogP contribution < -0.4 is 5.32 Å². The van der Waals surface area contributed by atoms with Crippen LogP contribution in [0.5, 0.6) is 0 Å². The number of piperidine rings is 1. The van der Waals surface area contributed by atoms with Gasteiger partial charge in [-0.05, 0) is 45.0 Å². The molecule has 1 fully saturated rings. The number of β-amino-alcohol motifs (C(OH)–C–C–N with tert-alkyl or cyclic N) is 1. The molecule has 1 unspecified atom stereocenters. The van der Waals surface area contributed by atoms with Gasteiger partial charge in [-0.15, -0.1) is 0 Å². The van der Waals surface area contributed by atoms with Gasteiger partial charge < -0.3 is 15.3 Å². The molecule has 1 saturated heterocycles. The van der Waals surface area contributed by atoms with Crippen molar-refractivity contribution >= 4 is 0 Å². The molecule has 1 atom stereocenters. The highest BCUT2D eigenvalue weighted by molar-refractivity contribution is 5.21. The Morgan fingerprint density at radius 3 is 2.47 bits per heavy atom. The molecule has 2 N–H and O–H groups in total. The summed E-state index contributed by atoms with van der Waals surface area (Å²) in [4.78, 5) is 2.38. The molecule has 2 rings (SSSR count). The minimum Gasteiger partial charge on any atom is -0.384 e. The molecule has 1 aromatic rings. The first-order valence-corrected chi connectivity index (χ1v) is 7.35. The third-order valence-electron chi connectivity index (χ3n) is 4.01. The van der Waals surface area contributed by atoms with E-state index in [1.807, 2.05) is 37.3 Å². The van der Waals surface area contributed by atoms with Gasteiger partial charge in [0.05, 0.1) is 5.60 Å². The SMILES string of the molecule is CCNC1CCN(CC(C)(O)c2ccccc2)CC1. The van der Waals surface area contributed by atoms with Crippen LogP contribution in [0.3, 0.4) is 0 Å². The predicted molar refractivity (Wildman–Crippen MR) is 79.2 cm³/mol. The molecule has 0 bridgehead atoms. The quantitative estimate of drug-likeness (QED) is 0.851. The van der Waals surface area contributed by atoms with Gasteiger partial charge in [0.15, 0.2) is 0 Å². The largest absolute Gasteiger partial charge is 0.384 e. The highest BCUT2D eigenvalue weighted by atomic mass is 16.3. The molecule has 0 aromatic heterocycles. The summed E-state index contributed by atoms with van der Waals surface area (Å²) in [6.07, 6.45) is 2.36. The molecule has 0 radical (unpaired) electrons. The summed E-state index contributed by atoms with van der Waals surface area (Å²) >= 11 is 0. The van der Waals surface area contributed by atoms with E-state index in [-0.39, 0.29) is 0 Å². The summed E-state index contributed by atoms with van der Waals surface area (Å²) in [6.45, 7) is 7.98. The Balaban J connectivity index is 1.88. The van der Waals surface area contributed by atoms with Gasteiger partial charge in [0.1, 0.15) is 0 Å². The molecule has 1 heterocycles. The molecule has 0 saturated carbocycles. The van der Waals surface area contributed by atoms with E-state index in [1.165, 1.54) is 12.8 Å². The Morgan fingerprint density at radius 1 is 1.26 bits per heavy atom. The maximum absolute atomic E-state index is 10.7. The van der Waals surface area contributed by atoms with Crippen LogP contribution in [0.15, 0.2) is 30.3 Å². The summed E-state index contributed by atoms with van der Waals surface area (Å²) < 4.78 is 0. The Morgan fingerprint density at radius 2 is 1.89 bits per heavy atom. The average Bonchev–Trinajstić information content (AvgIpc) is 2.42. The number of nitrogens with one attached hydrogen (secondary N) is 1. The van der Waals surface area contributed by atoms with Crippen LogP contribution in [0.2, 0.25) is 0 Å². The van der Waals surface area contributed by atoms with E-state index in [4.69, 9.17) is 0 Å². The van der Waals surface area contributed by atoms with Gasteiger partial charge >= 0.3 is 0 Å². The Hall–Kier alpha value is -0.900. The zero-order chi connectivity index (χ0) is 13.7. The predicted octanol–water partition coefficient (Wildman–Crippen LogP) is 1.97. The van der Waals surface area contributed by atoms with Gasteiger partial charge in [-0.2, -0.15) is 0 Å². The molecular formula is C16H26N2O. The van der Waals surface area contributed by atoms with Crippen molar-refractivity contribution in [2.75, 3.05) is 26.2 Å². The van der Waals surface area contributed by atoms with E-state index in [0.29, 0.717) is 6.04 Å². The maximum Gasteiger partial charge on any atom is 0.0994 e. The Labute approximate surface area is 116 Å². The number of aliphatic hydroxyl groups is 1. The fourth-order valence-electron chi connectivity index (χ4n) is 2.91. The van der Waals surface area contributed by atoms with Gasteiger partial charge in [0.2, 0.25) is 0 Å². The molecule has 1 aromatic carbocycles. The highest BCUT2D eigenvalue weighted by Crippen LogP contribution is 2.23. The number of hydrogen-bond donors (Lipinski definition) is 2. The molecule has 0 spiro atoms. The highest BCUT2D eigenvalue weighted by Gasteiger charge is 2.28. The van der Waals surface area contributed by atoms with Crippen molar-refractivity contribution in [1.29, 1.82) is 0 Å². The van der Waals surface area contributed by atoms with Gasteiger partial charge in [-0.3, -0.25) is 0 Å². The first kappa shape index (κ1) is 14.5. The van der Waals surface area contributed by atoms with Gasteiger partial charge in [-0.25, -0.2) is 0 Å². The lowest BCUT2D eigenvalue weighted by molar-refractivity contribution is 0.00791. The van der Waals surface area contributed by atoms with E-state index in [9.17, 15) is 5.11 Å². The zero-order valence-corrected chi connectivity index (χ0v) is 12.1. The number of nitrogens with zero attached hydrogens (tertiary/aromatic N) is 1. The Bertz CT molecular complexity index is 370. The van der Waals surface area contributed by atoms with Crippen LogP contribution in [0, 0.1) is 0 Å². The van der Waals surface area contributed by atoms with E-state index in [2.05, 4.69) is 17.1 Å². The minimum atomic E-state index is -0.758.